The van der Waals surface area contributed by atoms with E-state index in [4.69, 9.17) is 4.74 Å². The van der Waals surface area contributed by atoms with Gasteiger partial charge in [-0.25, -0.2) is 4.79 Å². The highest BCUT2D eigenvalue weighted by Gasteiger charge is 2.35. The van der Waals surface area contributed by atoms with E-state index in [1.54, 1.807) is 0 Å². The number of hydrogen-bond acceptors (Lipinski definition) is 5. The maximum atomic E-state index is 12.2. The van der Waals surface area contributed by atoms with Crippen molar-refractivity contribution in [3.63, 3.8) is 0 Å². The van der Waals surface area contributed by atoms with Crippen LogP contribution in [0.3, 0.4) is 0 Å². The summed E-state index contributed by atoms with van der Waals surface area (Å²) in [6.45, 7) is 1.94. The molecule has 1 aromatic heterocycles. The molecule has 8 nitrogen and oxygen atoms in total. The van der Waals surface area contributed by atoms with Crippen molar-refractivity contribution >= 4 is 21.8 Å². The predicted octanol–water partition coefficient (Wildman–Crippen LogP) is 0.869. The molecule has 2 aromatic rings. The van der Waals surface area contributed by atoms with Gasteiger partial charge in [0, 0.05) is 29.2 Å². The quantitative estimate of drug-likeness (QED) is 0.602. The van der Waals surface area contributed by atoms with Crippen molar-refractivity contribution in [2.24, 2.45) is 0 Å². The second-order valence-corrected chi connectivity index (χ2v) is 7.53. The lowest BCUT2D eigenvalue weighted by atomic mass is 10.1. The first-order chi connectivity index (χ1) is 13.4. The SMILES string of the molecule is CCc1cn([C@@H]2CC(O)[C@H](CNC(=O)Cc3ccccc3Br)O2)c(=O)[nH]c1=O. The summed E-state index contributed by atoms with van der Waals surface area (Å²) >= 11 is 3.41. The van der Waals surface area contributed by atoms with Crippen LogP contribution in [0.5, 0.6) is 0 Å². The Morgan fingerprint density at radius 1 is 1.36 bits per heavy atom. The first-order valence-corrected chi connectivity index (χ1v) is 9.86. The fourth-order valence-electron chi connectivity index (χ4n) is 3.15. The molecule has 3 rings (SSSR count). The van der Waals surface area contributed by atoms with E-state index in [1.165, 1.54) is 10.8 Å². The van der Waals surface area contributed by atoms with Crippen LogP contribution >= 0.6 is 15.9 Å². The minimum atomic E-state index is -0.835. The zero-order chi connectivity index (χ0) is 20.3. The summed E-state index contributed by atoms with van der Waals surface area (Å²) in [5.41, 5.74) is 0.316. The fraction of sp³-hybridized carbons (Fsp3) is 0.421. The maximum absolute atomic E-state index is 12.2. The van der Waals surface area contributed by atoms with Gasteiger partial charge in [-0.3, -0.25) is 19.1 Å². The smallest absolute Gasteiger partial charge is 0.330 e. The summed E-state index contributed by atoms with van der Waals surface area (Å²) < 4.78 is 7.91. The number of H-pyrrole nitrogens is 1. The monoisotopic (exact) mass is 451 g/mol. The fourth-order valence-corrected chi connectivity index (χ4v) is 3.58. The van der Waals surface area contributed by atoms with Crippen LogP contribution in [0.2, 0.25) is 0 Å². The Bertz CT molecular complexity index is 971. The van der Waals surface area contributed by atoms with Gasteiger partial charge in [0.15, 0.2) is 0 Å². The topological polar surface area (TPSA) is 113 Å². The number of carbonyl (C=O) groups is 1. The van der Waals surface area contributed by atoms with E-state index in [-0.39, 0.29) is 25.3 Å². The Hall–Kier alpha value is -2.23. The Kier molecular flexibility index (Phi) is 6.48. The molecule has 1 saturated heterocycles. The lowest BCUT2D eigenvalue weighted by Crippen LogP contribution is -2.38. The second kappa shape index (κ2) is 8.85. The predicted molar refractivity (Wildman–Crippen MR) is 106 cm³/mol. The molecule has 2 heterocycles. The Labute approximate surface area is 169 Å². The molecule has 0 bridgehead atoms. The zero-order valence-electron chi connectivity index (χ0n) is 15.4. The molecule has 0 spiro atoms. The van der Waals surface area contributed by atoms with Crippen LogP contribution in [0.25, 0.3) is 0 Å². The molecule has 1 amide bonds. The Morgan fingerprint density at radius 2 is 2.11 bits per heavy atom. The van der Waals surface area contributed by atoms with Gasteiger partial charge in [0.25, 0.3) is 5.56 Å². The number of rotatable bonds is 6. The molecule has 1 aromatic carbocycles. The molecule has 3 N–H and O–H groups in total. The summed E-state index contributed by atoms with van der Waals surface area (Å²) in [5, 5.41) is 13.0. The number of carbonyl (C=O) groups excluding carboxylic acids is 1. The molecule has 3 atom stereocenters. The first kappa shape index (κ1) is 20.5. The van der Waals surface area contributed by atoms with Crippen molar-refractivity contribution in [1.29, 1.82) is 0 Å². The van der Waals surface area contributed by atoms with E-state index in [0.29, 0.717) is 12.0 Å². The van der Waals surface area contributed by atoms with Crippen molar-refractivity contribution < 1.29 is 14.6 Å². The van der Waals surface area contributed by atoms with Gasteiger partial charge in [0.05, 0.1) is 12.5 Å². The lowest BCUT2D eigenvalue weighted by molar-refractivity contribution is -0.121. The van der Waals surface area contributed by atoms with Crippen molar-refractivity contribution in [3.8, 4) is 0 Å². The van der Waals surface area contributed by atoms with E-state index in [1.807, 2.05) is 31.2 Å². The van der Waals surface area contributed by atoms with E-state index >= 15 is 0 Å². The Morgan fingerprint density at radius 3 is 2.82 bits per heavy atom. The van der Waals surface area contributed by atoms with Crippen LogP contribution in [0.1, 0.15) is 30.7 Å². The van der Waals surface area contributed by atoms with Crippen molar-refractivity contribution in [1.82, 2.24) is 14.9 Å². The number of ether oxygens (including phenoxy) is 1. The number of amides is 1. The summed E-state index contributed by atoms with van der Waals surface area (Å²) in [7, 11) is 0. The number of nitrogens with zero attached hydrogens (tertiary/aromatic N) is 1. The summed E-state index contributed by atoms with van der Waals surface area (Å²) in [5.74, 6) is -0.194. The molecule has 0 aliphatic carbocycles. The molecule has 28 heavy (non-hydrogen) atoms. The number of aromatic nitrogens is 2. The summed E-state index contributed by atoms with van der Waals surface area (Å²) in [4.78, 5) is 38.2. The van der Waals surface area contributed by atoms with Gasteiger partial charge < -0.3 is 15.2 Å². The van der Waals surface area contributed by atoms with Gasteiger partial charge in [-0.2, -0.15) is 0 Å². The highest BCUT2D eigenvalue weighted by atomic mass is 79.9. The van der Waals surface area contributed by atoms with Crippen LogP contribution < -0.4 is 16.6 Å². The number of hydrogen-bond donors (Lipinski definition) is 3. The number of halogens is 1. The highest BCUT2D eigenvalue weighted by Crippen LogP contribution is 2.27. The van der Waals surface area contributed by atoms with E-state index in [2.05, 4.69) is 26.2 Å². The largest absolute Gasteiger partial charge is 0.390 e. The van der Waals surface area contributed by atoms with Crippen LogP contribution in [-0.4, -0.2) is 39.3 Å². The standard InChI is InChI=1S/C19H22BrN3O5/c1-2-11-10-23(19(27)22-18(11)26)17-8-14(24)15(28-17)9-21-16(25)7-12-5-3-4-6-13(12)20/h3-6,10,14-15,17,24H,2,7-9H2,1H3,(H,21,25)(H,22,26,27)/t14?,15-,17-/m0/s1. The van der Waals surface area contributed by atoms with Crippen LogP contribution in [0, 0.1) is 0 Å². The first-order valence-electron chi connectivity index (χ1n) is 9.07. The van der Waals surface area contributed by atoms with Gasteiger partial charge in [-0.05, 0) is 18.1 Å². The third-order valence-corrected chi connectivity index (χ3v) is 5.52. The molecule has 1 aliphatic heterocycles. The van der Waals surface area contributed by atoms with Crippen molar-refractivity contribution in [2.75, 3.05) is 6.54 Å². The van der Waals surface area contributed by atoms with Gasteiger partial charge in [-0.15, -0.1) is 0 Å². The van der Waals surface area contributed by atoms with Gasteiger partial charge >= 0.3 is 5.69 Å². The van der Waals surface area contributed by atoms with Crippen LogP contribution in [-0.2, 0) is 22.4 Å². The van der Waals surface area contributed by atoms with E-state index in [0.717, 1.165) is 10.0 Å². The average Bonchev–Trinajstić information content (AvgIpc) is 3.02. The number of nitrogens with one attached hydrogen (secondary N) is 2. The number of aryl methyl sites for hydroxylation is 1. The molecular formula is C19H22BrN3O5. The molecule has 9 heteroatoms. The Balaban J connectivity index is 1.61. The third kappa shape index (κ3) is 4.60. The molecule has 0 radical (unpaired) electrons. The highest BCUT2D eigenvalue weighted by molar-refractivity contribution is 9.10. The van der Waals surface area contributed by atoms with Gasteiger partial charge in [-0.1, -0.05) is 41.1 Å². The average molecular weight is 452 g/mol. The summed E-state index contributed by atoms with van der Waals surface area (Å²) in [6, 6.07) is 7.45. The maximum Gasteiger partial charge on any atom is 0.330 e. The molecule has 1 unspecified atom stereocenters. The van der Waals surface area contributed by atoms with Crippen LogP contribution in [0.15, 0.2) is 44.5 Å². The van der Waals surface area contributed by atoms with Crippen molar-refractivity contribution in [2.45, 2.75) is 44.6 Å². The van der Waals surface area contributed by atoms with E-state index in [9.17, 15) is 19.5 Å². The van der Waals surface area contributed by atoms with Crippen LogP contribution in [0.4, 0.5) is 0 Å². The number of aliphatic hydroxyl groups excluding tert-OH is 1. The molecule has 1 aliphatic rings. The number of aromatic amines is 1. The number of aliphatic hydroxyl groups is 1. The molecular weight excluding hydrogens is 430 g/mol. The second-order valence-electron chi connectivity index (χ2n) is 6.68. The third-order valence-electron chi connectivity index (χ3n) is 4.75. The summed E-state index contributed by atoms with van der Waals surface area (Å²) in [6.07, 6.45) is 0.156. The molecule has 1 fully saturated rings. The lowest BCUT2D eigenvalue weighted by Gasteiger charge is -2.17. The molecule has 0 saturated carbocycles. The number of benzene rings is 1. The van der Waals surface area contributed by atoms with Gasteiger partial charge in [0.2, 0.25) is 5.91 Å². The minimum Gasteiger partial charge on any atom is -0.390 e. The zero-order valence-corrected chi connectivity index (χ0v) is 16.9. The van der Waals surface area contributed by atoms with E-state index < -0.39 is 29.7 Å². The van der Waals surface area contributed by atoms with Gasteiger partial charge in [0.1, 0.15) is 12.3 Å². The molecule has 150 valence electrons. The minimum absolute atomic E-state index is 0.125. The normalized spacial score (nSPS) is 21.6. The van der Waals surface area contributed by atoms with Crippen molar-refractivity contribution in [3.05, 3.63) is 66.9 Å².